The molecule has 1 saturated carbocycles. The Balaban J connectivity index is 1.56. The van der Waals surface area contributed by atoms with Crippen molar-refractivity contribution in [1.29, 1.82) is 0 Å². The highest BCUT2D eigenvalue weighted by Gasteiger charge is 2.30. The number of aromatic amines is 1. The number of nitrogens with zero attached hydrogens (tertiary/aromatic N) is 2. The zero-order chi connectivity index (χ0) is 15.5. The van der Waals surface area contributed by atoms with Gasteiger partial charge >= 0.3 is 0 Å². The number of hydrogen-bond donors (Lipinski definition) is 2. The van der Waals surface area contributed by atoms with E-state index in [2.05, 4.69) is 34.3 Å². The summed E-state index contributed by atoms with van der Waals surface area (Å²) in [6, 6.07) is 0.483. The average molecular weight is 304 g/mol. The van der Waals surface area contributed by atoms with E-state index in [9.17, 15) is 4.79 Å². The summed E-state index contributed by atoms with van der Waals surface area (Å²) in [7, 11) is 0. The van der Waals surface area contributed by atoms with Crippen LogP contribution in [0.25, 0.3) is 0 Å². The number of aromatic nitrogens is 2. The van der Waals surface area contributed by atoms with Gasteiger partial charge in [0.25, 0.3) is 5.91 Å². The van der Waals surface area contributed by atoms with Crippen LogP contribution < -0.4 is 5.32 Å². The number of H-pyrrole nitrogens is 1. The van der Waals surface area contributed by atoms with E-state index in [4.69, 9.17) is 0 Å². The minimum Gasteiger partial charge on any atom is -0.350 e. The summed E-state index contributed by atoms with van der Waals surface area (Å²) in [6.07, 6.45) is 7.77. The second kappa shape index (κ2) is 6.82. The summed E-state index contributed by atoms with van der Waals surface area (Å²) < 4.78 is 0. The molecule has 5 heteroatoms. The fourth-order valence-electron chi connectivity index (χ4n) is 3.47. The highest BCUT2D eigenvalue weighted by molar-refractivity contribution is 5.95. The van der Waals surface area contributed by atoms with Crippen molar-refractivity contribution in [2.75, 3.05) is 19.6 Å². The van der Waals surface area contributed by atoms with Crippen LogP contribution in [0.15, 0.2) is 6.20 Å². The highest BCUT2D eigenvalue weighted by Crippen LogP contribution is 2.40. The van der Waals surface area contributed by atoms with Crippen LogP contribution in [0.1, 0.15) is 67.9 Å². The summed E-state index contributed by atoms with van der Waals surface area (Å²) in [6.45, 7) is 7.56. The van der Waals surface area contributed by atoms with Gasteiger partial charge < -0.3 is 5.32 Å². The van der Waals surface area contributed by atoms with Gasteiger partial charge in [-0.1, -0.05) is 20.3 Å². The molecule has 5 nitrogen and oxygen atoms in total. The van der Waals surface area contributed by atoms with Crippen molar-refractivity contribution in [2.24, 2.45) is 5.92 Å². The topological polar surface area (TPSA) is 61.0 Å². The fraction of sp³-hybridized carbons (Fsp3) is 0.765. The third-order valence-electron chi connectivity index (χ3n) is 4.75. The van der Waals surface area contributed by atoms with Crippen LogP contribution in [-0.4, -0.2) is 46.7 Å². The lowest BCUT2D eigenvalue weighted by molar-refractivity contribution is 0.0901. The summed E-state index contributed by atoms with van der Waals surface area (Å²) >= 11 is 0. The lowest BCUT2D eigenvalue weighted by Gasteiger charge is -2.36. The summed E-state index contributed by atoms with van der Waals surface area (Å²) in [5.41, 5.74) is 1.77. The molecule has 122 valence electrons. The van der Waals surface area contributed by atoms with E-state index in [0.29, 0.717) is 17.9 Å². The molecule has 1 amide bonds. The van der Waals surface area contributed by atoms with E-state index in [0.717, 1.165) is 30.9 Å². The molecule has 3 rings (SSSR count). The Bertz CT molecular complexity index is 507. The van der Waals surface area contributed by atoms with Crippen LogP contribution >= 0.6 is 0 Å². The van der Waals surface area contributed by atoms with Gasteiger partial charge in [0.2, 0.25) is 0 Å². The molecule has 2 N–H and O–H groups in total. The maximum absolute atomic E-state index is 12.4. The number of hydrogen-bond acceptors (Lipinski definition) is 3. The van der Waals surface area contributed by atoms with Gasteiger partial charge in [-0.05, 0) is 38.1 Å². The van der Waals surface area contributed by atoms with E-state index >= 15 is 0 Å². The number of piperidine rings is 1. The van der Waals surface area contributed by atoms with Crippen molar-refractivity contribution in [3.8, 4) is 0 Å². The van der Waals surface area contributed by atoms with Gasteiger partial charge in [0, 0.05) is 25.0 Å². The molecule has 2 heterocycles. The quantitative estimate of drug-likeness (QED) is 0.849. The van der Waals surface area contributed by atoms with Gasteiger partial charge in [0.1, 0.15) is 0 Å². The summed E-state index contributed by atoms with van der Waals surface area (Å²) in [5.74, 6) is 1.23. The number of carbonyl (C=O) groups is 1. The molecule has 22 heavy (non-hydrogen) atoms. The maximum Gasteiger partial charge on any atom is 0.254 e. The molecule has 1 aromatic rings. The Labute approximate surface area is 132 Å². The Morgan fingerprint density at radius 2 is 2.23 bits per heavy atom. The number of nitrogens with one attached hydrogen (secondary N) is 2. The van der Waals surface area contributed by atoms with Crippen molar-refractivity contribution in [1.82, 2.24) is 20.4 Å². The zero-order valence-corrected chi connectivity index (χ0v) is 13.8. The van der Waals surface area contributed by atoms with Crippen molar-refractivity contribution in [3.63, 3.8) is 0 Å². The molecular formula is C17H28N4O. The molecule has 2 aliphatic rings. The molecule has 1 aliphatic heterocycles. The van der Waals surface area contributed by atoms with Crippen LogP contribution in [-0.2, 0) is 0 Å². The van der Waals surface area contributed by atoms with Crippen LogP contribution in [0.3, 0.4) is 0 Å². The molecule has 1 aromatic heterocycles. The number of rotatable bonds is 6. The monoisotopic (exact) mass is 304 g/mol. The lowest BCUT2D eigenvalue weighted by atomic mass is 10.0. The molecule has 1 unspecified atom stereocenters. The van der Waals surface area contributed by atoms with E-state index < -0.39 is 0 Å². The van der Waals surface area contributed by atoms with Gasteiger partial charge in [-0.15, -0.1) is 0 Å². The van der Waals surface area contributed by atoms with Gasteiger partial charge in [-0.2, -0.15) is 5.10 Å². The smallest absolute Gasteiger partial charge is 0.254 e. The van der Waals surface area contributed by atoms with E-state index in [-0.39, 0.29) is 5.91 Å². The SMILES string of the molecule is CC(C)CN1CCCCC1CNC(=O)c1cn[nH]c1C1CC1. The molecule has 0 spiro atoms. The predicted molar refractivity (Wildman–Crippen MR) is 86.9 cm³/mol. The Kier molecular flexibility index (Phi) is 4.81. The Morgan fingerprint density at radius 1 is 1.41 bits per heavy atom. The molecule has 0 bridgehead atoms. The molecule has 1 saturated heterocycles. The van der Waals surface area contributed by atoms with Crippen LogP contribution in [0, 0.1) is 5.92 Å². The minimum absolute atomic E-state index is 0.0331. The average Bonchev–Trinajstić information content (AvgIpc) is 3.22. The standard InChI is InChI=1S/C17H28N4O/c1-12(2)11-21-8-4-3-5-14(21)9-18-17(22)15-10-19-20-16(15)13-6-7-13/h10,12-14H,3-9,11H2,1-2H3,(H,18,22)(H,19,20). The molecule has 1 aliphatic carbocycles. The minimum atomic E-state index is 0.0331. The summed E-state index contributed by atoms with van der Waals surface area (Å²) in [5, 5.41) is 10.2. The Hall–Kier alpha value is -1.36. The number of carbonyl (C=O) groups excluding carboxylic acids is 1. The fourth-order valence-corrected chi connectivity index (χ4v) is 3.47. The van der Waals surface area contributed by atoms with Crippen LogP contribution in [0.4, 0.5) is 0 Å². The third-order valence-corrected chi connectivity index (χ3v) is 4.75. The predicted octanol–water partition coefficient (Wildman–Crippen LogP) is 2.53. The first kappa shape index (κ1) is 15.5. The van der Waals surface area contributed by atoms with Gasteiger partial charge in [-0.25, -0.2) is 0 Å². The van der Waals surface area contributed by atoms with E-state index in [1.807, 2.05) is 0 Å². The third kappa shape index (κ3) is 3.69. The van der Waals surface area contributed by atoms with E-state index in [1.54, 1.807) is 6.20 Å². The van der Waals surface area contributed by atoms with Crippen molar-refractivity contribution >= 4 is 5.91 Å². The van der Waals surface area contributed by atoms with Gasteiger partial charge in [0.05, 0.1) is 17.5 Å². The highest BCUT2D eigenvalue weighted by atomic mass is 16.1. The van der Waals surface area contributed by atoms with Crippen LogP contribution in [0.5, 0.6) is 0 Å². The molecular weight excluding hydrogens is 276 g/mol. The van der Waals surface area contributed by atoms with Gasteiger partial charge in [0.15, 0.2) is 0 Å². The Morgan fingerprint density at radius 3 is 2.95 bits per heavy atom. The molecule has 0 radical (unpaired) electrons. The summed E-state index contributed by atoms with van der Waals surface area (Å²) in [4.78, 5) is 15.0. The molecule has 1 atom stereocenters. The normalized spacial score (nSPS) is 23.0. The first-order valence-corrected chi connectivity index (χ1v) is 8.70. The maximum atomic E-state index is 12.4. The largest absolute Gasteiger partial charge is 0.350 e. The second-order valence-electron chi connectivity index (χ2n) is 7.22. The van der Waals surface area contributed by atoms with Crippen LogP contribution in [0.2, 0.25) is 0 Å². The van der Waals surface area contributed by atoms with Crippen molar-refractivity contribution in [2.45, 2.75) is 57.9 Å². The molecule has 0 aromatic carbocycles. The van der Waals surface area contributed by atoms with E-state index in [1.165, 1.54) is 32.1 Å². The van der Waals surface area contributed by atoms with Crippen molar-refractivity contribution in [3.05, 3.63) is 17.5 Å². The lowest BCUT2D eigenvalue weighted by Crippen LogP contribution is -2.47. The number of likely N-dealkylation sites (tertiary alicyclic amines) is 1. The zero-order valence-electron chi connectivity index (χ0n) is 13.8. The first-order chi connectivity index (χ1) is 10.6. The van der Waals surface area contributed by atoms with Gasteiger partial charge in [-0.3, -0.25) is 14.8 Å². The van der Waals surface area contributed by atoms with Crippen molar-refractivity contribution < 1.29 is 4.79 Å². The molecule has 2 fully saturated rings. The number of amides is 1. The second-order valence-corrected chi connectivity index (χ2v) is 7.22. The first-order valence-electron chi connectivity index (χ1n) is 8.70.